The molecule has 0 amide bonds. The van der Waals surface area contributed by atoms with Gasteiger partial charge in [0.15, 0.2) is 0 Å². The lowest BCUT2D eigenvalue weighted by Gasteiger charge is -2.40. The highest BCUT2D eigenvalue weighted by Gasteiger charge is 2.30. The molecule has 2 heteroatoms. The fourth-order valence-corrected chi connectivity index (χ4v) is 3.02. The van der Waals surface area contributed by atoms with E-state index in [0.29, 0.717) is 6.04 Å². The van der Waals surface area contributed by atoms with Gasteiger partial charge < -0.3 is 5.11 Å². The molecule has 88 valence electrons. The third kappa shape index (κ3) is 2.73. The maximum absolute atomic E-state index is 10.0. The van der Waals surface area contributed by atoms with E-state index in [0.717, 1.165) is 18.9 Å². The second kappa shape index (κ2) is 5.31. The zero-order valence-electron chi connectivity index (χ0n) is 9.99. The molecular weight excluding hydrogens is 186 g/mol. The third-order valence-corrected chi connectivity index (χ3v) is 4.29. The molecule has 0 aliphatic heterocycles. The van der Waals surface area contributed by atoms with Crippen molar-refractivity contribution in [2.75, 3.05) is 13.1 Å². The van der Waals surface area contributed by atoms with Gasteiger partial charge >= 0.3 is 0 Å². The van der Waals surface area contributed by atoms with Crippen LogP contribution in [0.5, 0.6) is 0 Å². The first-order valence-electron chi connectivity index (χ1n) is 6.73. The van der Waals surface area contributed by atoms with Gasteiger partial charge in [0.25, 0.3) is 0 Å². The first-order valence-corrected chi connectivity index (χ1v) is 6.73. The zero-order chi connectivity index (χ0) is 10.7. The van der Waals surface area contributed by atoms with Crippen molar-refractivity contribution in [2.45, 2.75) is 64.0 Å². The molecule has 2 fully saturated rings. The Morgan fingerprint density at radius 1 is 1.07 bits per heavy atom. The molecule has 0 bridgehead atoms. The highest BCUT2D eigenvalue weighted by molar-refractivity contribution is 4.85. The average molecular weight is 211 g/mol. The number of hydrogen-bond acceptors (Lipinski definition) is 2. The predicted octanol–water partition coefficient (Wildman–Crippen LogP) is 2.41. The minimum Gasteiger partial charge on any atom is -0.391 e. The van der Waals surface area contributed by atoms with E-state index >= 15 is 0 Å². The Labute approximate surface area is 93.7 Å². The van der Waals surface area contributed by atoms with Gasteiger partial charge in [-0.1, -0.05) is 26.2 Å². The van der Waals surface area contributed by atoms with Crippen molar-refractivity contribution < 1.29 is 5.11 Å². The Morgan fingerprint density at radius 3 is 2.33 bits per heavy atom. The van der Waals surface area contributed by atoms with E-state index in [-0.39, 0.29) is 6.10 Å². The Bertz CT molecular complexity index is 191. The molecule has 0 radical (unpaired) electrons. The van der Waals surface area contributed by atoms with Crippen LogP contribution in [-0.2, 0) is 0 Å². The number of nitrogens with zero attached hydrogens (tertiary/aromatic N) is 1. The molecule has 2 aliphatic rings. The van der Waals surface area contributed by atoms with Crippen LogP contribution in [0.25, 0.3) is 0 Å². The fraction of sp³-hybridized carbons (Fsp3) is 1.00. The molecule has 1 N–H and O–H groups in total. The normalized spacial score (nSPS) is 33.0. The van der Waals surface area contributed by atoms with Crippen molar-refractivity contribution in [3.63, 3.8) is 0 Å². The maximum Gasteiger partial charge on any atom is 0.0695 e. The van der Waals surface area contributed by atoms with Crippen LogP contribution in [-0.4, -0.2) is 35.2 Å². The molecule has 2 rings (SSSR count). The Morgan fingerprint density at radius 2 is 1.80 bits per heavy atom. The van der Waals surface area contributed by atoms with Crippen molar-refractivity contribution in [1.82, 2.24) is 4.90 Å². The molecule has 0 aromatic rings. The summed E-state index contributed by atoms with van der Waals surface area (Å²) in [5, 5.41) is 10.0. The number of hydrogen-bond donors (Lipinski definition) is 1. The molecular formula is C13H25NO. The predicted molar refractivity (Wildman–Crippen MR) is 62.9 cm³/mol. The Hall–Kier alpha value is -0.0800. The van der Waals surface area contributed by atoms with E-state index in [4.69, 9.17) is 0 Å². The summed E-state index contributed by atoms with van der Waals surface area (Å²) in [4.78, 5) is 2.54. The molecule has 2 aliphatic carbocycles. The molecule has 15 heavy (non-hydrogen) atoms. The minimum absolute atomic E-state index is 0.0567. The number of likely N-dealkylation sites (N-methyl/N-ethyl adjacent to an activating group) is 1. The first kappa shape index (κ1) is 11.4. The van der Waals surface area contributed by atoms with E-state index in [1.54, 1.807) is 0 Å². The SMILES string of the molecule is CCN(CC1CCC1)C1CCCCC1O. The highest BCUT2D eigenvalue weighted by Crippen LogP contribution is 2.30. The van der Waals surface area contributed by atoms with Crippen LogP contribution in [0.2, 0.25) is 0 Å². The lowest BCUT2D eigenvalue weighted by molar-refractivity contribution is 0.00886. The molecule has 2 saturated carbocycles. The molecule has 2 atom stereocenters. The topological polar surface area (TPSA) is 23.5 Å². The lowest BCUT2D eigenvalue weighted by Crippen LogP contribution is -2.47. The maximum atomic E-state index is 10.0. The van der Waals surface area contributed by atoms with Gasteiger partial charge in [0.2, 0.25) is 0 Å². The summed E-state index contributed by atoms with van der Waals surface area (Å²) < 4.78 is 0. The summed E-state index contributed by atoms with van der Waals surface area (Å²) in [6, 6.07) is 0.462. The number of aliphatic hydroxyl groups excluding tert-OH is 1. The zero-order valence-corrected chi connectivity index (χ0v) is 9.99. The van der Waals surface area contributed by atoms with Crippen LogP contribution in [0.3, 0.4) is 0 Å². The quantitative estimate of drug-likeness (QED) is 0.772. The Kier molecular flexibility index (Phi) is 4.04. The number of rotatable bonds is 4. The van der Waals surface area contributed by atoms with Crippen molar-refractivity contribution >= 4 is 0 Å². The summed E-state index contributed by atoms with van der Waals surface area (Å²) in [6.45, 7) is 4.58. The van der Waals surface area contributed by atoms with Crippen molar-refractivity contribution in [2.24, 2.45) is 5.92 Å². The third-order valence-electron chi connectivity index (χ3n) is 4.29. The molecule has 0 saturated heterocycles. The smallest absolute Gasteiger partial charge is 0.0695 e. The molecule has 0 heterocycles. The van der Waals surface area contributed by atoms with E-state index in [1.807, 2.05) is 0 Å². The largest absolute Gasteiger partial charge is 0.391 e. The fourth-order valence-electron chi connectivity index (χ4n) is 3.02. The second-order valence-electron chi connectivity index (χ2n) is 5.30. The Balaban J connectivity index is 1.85. The van der Waals surface area contributed by atoms with Crippen molar-refractivity contribution in [3.8, 4) is 0 Å². The van der Waals surface area contributed by atoms with Crippen molar-refractivity contribution in [3.05, 3.63) is 0 Å². The monoisotopic (exact) mass is 211 g/mol. The van der Waals surface area contributed by atoms with Crippen LogP contribution in [0.4, 0.5) is 0 Å². The van der Waals surface area contributed by atoms with E-state index < -0.39 is 0 Å². The highest BCUT2D eigenvalue weighted by atomic mass is 16.3. The summed E-state index contributed by atoms with van der Waals surface area (Å²) in [5.41, 5.74) is 0. The standard InChI is InChI=1S/C13H25NO/c1-2-14(10-11-6-5-7-11)12-8-3-4-9-13(12)15/h11-13,15H,2-10H2,1H3. The first-order chi connectivity index (χ1) is 7.31. The summed E-state index contributed by atoms with van der Waals surface area (Å²) in [5.74, 6) is 0.930. The molecule has 2 unspecified atom stereocenters. The van der Waals surface area contributed by atoms with Crippen molar-refractivity contribution in [1.29, 1.82) is 0 Å². The summed E-state index contributed by atoms with van der Waals surface area (Å²) in [7, 11) is 0. The summed E-state index contributed by atoms with van der Waals surface area (Å²) >= 11 is 0. The van der Waals surface area contributed by atoms with Gasteiger partial charge in [0, 0.05) is 12.6 Å². The summed E-state index contributed by atoms with van der Waals surface area (Å²) in [6.07, 6.45) is 8.96. The van der Waals surface area contributed by atoms with Crippen LogP contribution < -0.4 is 0 Å². The lowest BCUT2D eigenvalue weighted by atomic mass is 9.83. The van der Waals surface area contributed by atoms with Crippen LogP contribution in [0.1, 0.15) is 51.9 Å². The second-order valence-corrected chi connectivity index (χ2v) is 5.30. The van der Waals surface area contributed by atoms with Gasteiger partial charge in [-0.25, -0.2) is 0 Å². The molecule has 0 aromatic heterocycles. The van der Waals surface area contributed by atoms with Crippen LogP contribution >= 0.6 is 0 Å². The van der Waals surface area contributed by atoms with Gasteiger partial charge in [-0.2, -0.15) is 0 Å². The average Bonchev–Trinajstić information content (AvgIpc) is 2.19. The van der Waals surface area contributed by atoms with E-state index in [2.05, 4.69) is 11.8 Å². The molecule has 0 aromatic carbocycles. The van der Waals surface area contributed by atoms with Gasteiger partial charge in [0.05, 0.1) is 6.10 Å². The van der Waals surface area contributed by atoms with Gasteiger partial charge in [-0.15, -0.1) is 0 Å². The minimum atomic E-state index is -0.0567. The van der Waals surface area contributed by atoms with Gasteiger partial charge in [-0.3, -0.25) is 4.90 Å². The van der Waals surface area contributed by atoms with Gasteiger partial charge in [-0.05, 0) is 38.1 Å². The van der Waals surface area contributed by atoms with Crippen LogP contribution in [0.15, 0.2) is 0 Å². The molecule has 0 spiro atoms. The van der Waals surface area contributed by atoms with E-state index in [1.165, 1.54) is 45.1 Å². The number of aliphatic hydroxyl groups is 1. The molecule has 2 nitrogen and oxygen atoms in total. The van der Waals surface area contributed by atoms with E-state index in [9.17, 15) is 5.11 Å². The van der Waals surface area contributed by atoms with Crippen LogP contribution in [0, 0.1) is 5.92 Å². The van der Waals surface area contributed by atoms with Gasteiger partial charge in [0.1, 0.15) is 0 Å².